The second kappa shape index (κ2) is 5.98. The third kappa shape index (κ3) is 2.60. The number of pyridine rings is 1. The van der Waals surface area contributed by atoms with Crippen LogP contribution in [0.5, 0.6) is 0 Å². The molecule has 1 aliphatic rings. The Bertz CT molecular complexity index is 675. The van der Waals surface area contributed by atoms with Crippen molar-refractivity contribution in [1.29, 1.82) is 0 Å². The maximum absolute atomic E-state index is 12.2. The zero-order chi connectivity index (χ0) is 14.8. The topological polar surface area (TPSA) is 39.2 Å². The predicted molar refractivity (Wildman–Crippen MR) is 84.9 cm³/mol. The Kier molecular flexibility index (Phi) is 4.06. The summed E-state index contributed by atoms with van der Waals surface area (Å²) in [5, 5.41) is 2.13. The summed E-state index contributed by atoms with van der Waals surface area (Å²) in [6.07, 6.45) is 3.77. The second-order valence-electron chi connectivity index (χ2n) is 5.22. The fraction of sp³-hybridized carbons (Fsp3) is 0.412. The van der Waals surface area contributed by atoms with Crippen molar-refractivity contribution in [3.63, 3.8) is 0 Å². The minimum atomic E-state index is -0.243. The van der Waals surface area contributed by atoms with E-state index < -0.39 is 0 Å². The van der Waals surface area contributed by atoms with Gasteiger partial charge < -0.3 is 4.74 Å². The lowest BCUT2D eigenvalue weighted by Crippen LogP contribution is -2.14. The zero-order valence-corrected chi connectivity index (χ0v) is 13.3. The summed E-state index contributed by atoms with van der Waals surface area (Å²) >= 11 is 1.80. The molecule has 0 amide bonds. The molecule has 0 spiro atoms. The molecule has 3 nitrogen and oxygen atoms in total. The molecule has 0 bridgehead atoms. The van der Waals surface area contributed by atoms with Crippen molar-refractivity contribution in [3.05, 3.63) is 39.2 Å². The van der Waals surface area contributed by atoms with Crippen molar-refractivity contribution in [2.75, 3.05) is 6.61 Å². The molecular formula is C17H19NO2S. The van der Waals surface area contributed by atoms with Gasteiger partial charge >= 0.3 is 5.97 Å². The molecule has 0 saturated heterocycles. The predicted octanol–water partition coefficient (Wildman–Crippen LogP) is 4.04. The number of carbonyl (C=O) groups is 1. The Morgan fingerprint density at radius 3 is 3.00 bits per heavy atom. The normalized spacial score (nSPS) is 12.7. The summed E-state index contributed by atoms with van der Waals surface area (Å²) in [4.78, 5) is 18.4. The van der Waals surface area contributed by atoms with Crippen LogP contribution in [0.4, 0.5) is 0 Å². The van der Waals surface area contributed by atoms with Crippen LogP contribution in [-0.4, -0.2) is 17.6 Å². The van der Waals surface area contributed by atoms with Crippen LogP contribution in [0.2, 0.25) is 0 Å². The maximum atomic E-state index is 12.2. The molecule has 2 aromatic rings. The lowest BCUT2D eigenvalue weighted by Gasteiger charge is -2.18. The van der Waals surface area contributed by atoms with Crippen molar-refractivity contribution in [2.24, 2.45) is 0 Å². The van der Waals surface area contributed by atoms with Gasteiger partial charge in [-0.1, -0.05) is 13.3 Å². The molecule has 3 rings (SSSR count). The number of carbonyl (C=O) groups excluding carboxylic acids is 1. The van der Waals surface area contributed by atoms with Gasteiger partial charge in [0.05, 0.1) is 23.6 Å². The van der Waals surface area contributed by atoms with Gasteiger partial charge in [0, 0.05) is 10.4 Å². The smallest absolute Gasteiger partial charge is 0.339 e. The van der Waals surface area contributed by atoms with Crippen molar-refractivity contribution < 1.29 is 9.53 Å². The second-order valence-corrected chi connectivity index (χ2v) is 6.22. The number of ether oxygens (including phenoxy) is 1. The van der Waals surface area contributed by atoms with Crippen molar-refractivity contribution in [1.82, 2.24) is 4.98 Å². The van der Waals surface area contributed by atoms with Crippen LogP contribution in [0.25, 0.3) is 11.3 Å². The first kappa shape index (κ1) is 14.3. The maximum Gasteiger partial charge on any atom is 0.339 e. The Hall–Kier alpha value is -1.68. The molecule has 0 aliphatic heterocycles. The minimum absolute atomic E-state index is 0.243. The van der Waals surface area contributed by atoms with Gasteiger partial charge in [-0.05, 0) is 49.3 Å². The van der Waals surface area contributed by atoms with E-state index >= 15 is 0 Å². The fourth-order valence-electron chi connectivity index (χ4n) is 2.82. The van der Waals surface area contributed by atoms with Crippen LogP contribution in [0.15, 0.2) is 17.5 Å². The van der Waals surface area contributed by atoms with E-state index in [9.17, 15) is 4.79 Å². The highest BCUT2D eigenvalue weighted by atomic mass is 32.1. The van der Waals surface area contributed by atoms with Crippen LogP contribution in [0.1, 0.15) is 46.8 Å². The first-order chi connectivity index (χ1) is 10.2. The summed E-state index contributed by atoms with van der Waals surface area (Å²) in [7, 11) is 0. The largest absolute Gasteiger partial charge is 0.462 e. The number of aromatic nitrogens is 1. The molecule has 1 aliphatic carbocycles. The van der Waals surface area contributed by atoms with Gasteiger partial charge in [0.25, 0.3) is 0 Å². The van der Waals surface area contributed by atoms with Crippen LogP contribution < -0.4 is 0 Å². The molecule has 0 unspecified atom stereocenters. The van der Waals surface area contributed by atoms with Crippen LogP contribution >= 0.6 is 11.3 Å². The quantitative estimate of drug-likeness (QED) is 0.800. The Balaban J connectivity index is 2.10. The molecule has 0 aromatic carbocycles. The SMILES string of the molecule is CCCc1nc2c(cc1C(=O)OCC)CCc1sccc1-2. The van der Waals surface area contributed by atoms with Crippen molar-refractivity contribution in [2.45, 2.75) is 39.5 Å². The Morgan fingerprint density at radius 2 is 2.24 bits per heavy atom. The average molecular weight is 301 g/mol. The number of thiophene rings is 1. The molecule has 0 N–H and O–H groups in total. The number of esters is 1. The number of fused-ring (bicyclic) bond motifs is 3. The highest BCUT2D eigenvalue weighted by Gasteiger charge is 2.23. The van der Waals surface area contributed by atoms with Crippen molar-refractivity contribution >= 4 is 17.3 Å². The van der Waals surface area contributed by atoms with E-state index in [1.54, 1.807) is 11.3 Å². The van der Waals surface area contributed by atoms with Crippen LogP contribution in [0, 0.1) is 0 Å². The summed E-state index contributed by atoms with van der Waals surface area (Å²) < 4.78 is 5.18. The van der Waals surface area contributed by atoms with E-state index in [0.717, 1.165) is 37.1 Å². The van der Waals surface area contributed by atoms with E-state index in [0.29, 0.717) is 12.2 Å². The lowest BCUT2D eigenvalue weighted by molar-refractivity contribution is 0.0524. The first-order valence-electron chi connectivity index (χ1n) is 7.51. The summed E-state index contributed by atoms with van der Waals surface area (Å²) in [5.74, 6) is -0.243. The molecule has 4 heteroatoms. The van der Waals surface area contributed by atoms with Gasteiger partial charge in [-0.25, -0.2) is 4.79 Å². The molecule has 21 heavy (non-hydrogen) atoms. The standard InChI is InChI=1S/C17H19NO2S/c1-3-5-14-13(17(19)20-4-2)10-11-6-7-15-12(8-9-21-15)16(11)18-14/h8-10H,3-7H2,1-2H3. The average Bonchev–Trinajstić information content (AvgIpc) is 2.96. The monoisotopic (exact) mass is 301 g/mol. The Morgan fingerprint density at radius 1 is 1.38 bits per heavy atom. The van der Waals surface area contributed by atoms with Gasteiger partial charge in [0.1, 0.15) is 0 Å². The number of hydrogen-bond acceptors (Lipinski definition) is 4. The van der Waals surface area contributed by atoms with Gasteiger partial charge in [0.15, 0.2) is 0 Å². The zero-order valence-electron chi connectivity index (χ0n) is 12.4. The van der Waals surface area contributed by atoms with Gasteiger partial charge in [0.2, 0.25) is 0 Å². The summed E-state index contributed by atoms with van der Waals surface area (Å²) in [5.41, 5.74) is 5.00. The van der Waals surface area contributed by atoms with E-state index in [-0.39, 0.29) is 5.97 Å². The molecular weight excluding hydrogens is 282 g/mol. The van der Waals surface area contributed by atoms with E-state index in [4.69, 9.17) is 9.72 Å². The number of hydrogen-bond donors (Lipinski definition) is 0. The molecule has 0 saturated carbocycles. The van der Waals surface area contributed by atoms with Crippen molar-refractivity contribution in [3.8, 4) is 11.3 Å². The Labute approximate surface area is 129 Å². The van der Waals surface area contributed by atoms with E-state index in [2.05, 4.69) is 18.4 Å². The molecule has 110 valence electrons. The number of rotatable bonds is 4. The van der Waals surface area contributed by atoms with Gasteiger partial charge in [-0.15, -0.1) is 11.3 Å². The van der Waals surface area contributed by atoms with Gasteiger partial charge in [-0.2, -0.15) is 0 Å². The molecule has 0 atom stereocenters. The molecule has 0 fully saturated rings. The minimum Gasteiger partial charge on any atom is -0.462 e. The van der Waals surface area contributed by atoms with Crippen LogP contribution in [0.3, 0.4) is 0 Å². The van der Waals surface area contributed by atoms with Crippen LogP contribution in [-0.2, 0) is 24.0 Å². The van der Waals surface area contributed by atoms with E-state index in [1.165, 1.54) is 16.0 Å². The van der Waals surface area contributed by atoms with E-state index in [1.807, 2.05) is 13.0 Å². The molecule has 0 radical (unpaired) electrons. The number of aryl methyl sites for hydroxylation is 3. The number of nitrogens with zero attached hydrogens (tertiary/aromatic N) is 1. The molecule has 2 heterocycles. The fourth-order valence-corrected chi connectivity index (χ4v) is 3.70. The third-order valence-corrected chi connectivity index (χ3v) is 4.77. The third-order valence-electron chi connectivity index (χ3n) is 3.78. The lowest BCUT2D eigenvalue weighted by atomic mass is 9.92. The first-order valence-corrected chi connectivity index (χ1v) is 8.39. The summed E-state index contributed by atoms with van der Waals surface area (Å²) in [6.45, 7) is 4.34. The summed E-state index contributed by atoms with van der Waals surface area (Å²) in [6, 6.07) is 4.15. The highest BCUT2D eigenvalue weighted by molar-refractivity contribution is 7.10. The molecule has 2 aromatic heterocycles. The highest BCUT2D eigenvalue weighted by Crippen LogP contribution is 2.36. The van der Waals surface area contributed by atoms with Gasteiger partial charge in [-0.3, -0.25) is 4.98 Å².